The van der Waals surface area contributed by atoms with E-state index >= 15 is 0 Å². The zero-order valence-corrected chi connectivity index (χ0v) is 7.88. The molecule has 0 unspecified atom stereocenters. The maximum atomic E-state index is 11.2. The summed E-state index contributed by atoms with van der Waals surface area (Å²) < 4.78 is 6.34. The van der Waals surface area contributed by atoms with Crippen LogP contribution in [0.3, 0.4) is 0 Å². The van der Waals surface area contributed by atoms with Crippen molar-refractivity contribution in [1.82, 2.24) is 0 Å². The van der Waals surface area contributed by atoms with Gasteiger partial charge in [-0.1, -0.05) is 0 Å². The van der Waals surface area contributed by atoms with E-state index in [9.17, 15) is 5.21 Å². The zero-order valence-electron chi connectivity index (χ0n) is 6.30. The maximum Gasteiger partial charge on any atom is 0.379 e. The Morgan fingerprint density at radius 2 is 2.18 bits per heavy atom. The number of halogens is 1. The first kappa shape index (κ1) is 8.33. The van der Waals surface area contributed by atoms with Crippen molar-refractivity contribution in [2.24, 2.45) is 0 Å². The van der Waals surface area contributed by atoms with Crippen LogP contribution in [-0.4, -0.2) is 7.11 Å². The van der Waals surface area contributed by atoms with Crippen molar-refractivity contribution in [1.29, 1.82) is 0 Å². The first-order valence-electron chi connectivity index (χ1n) is 3.09. The molecule has 0 fully saturated rings. The van der Waals surface area contributed by atoms with Crippen LogP contribution in [0.15, 0.2) is 16.6 Å². The fraction of sp³-hybridized carbons (Fsp3) is 0.286. The Hall–Kier alpha value is -0.770. The van der Waals surface area contributed by atoms with Gasteiger partial charge < -0.3 is 9.94 Å². The molecule has 0 aromatic carbocycles. The molecule has 0 saturated heterocycles. The molecule has 0 amide bonds. The summed E-state index contributed by atoms with van der Waals surface area (Å²) >= 11 is 3.23. The highest BCUT2D eigenvalue weighted by molar-refractivity contribution is 9.10. The van der Waals surface area contributed by atoms with Crippen LogP contribution in [0.5, 0.6) is 5.88 Å². The molecule has 1 rings (SSSR count). The largest absolute Gasteiger partial charge is 0.616 e. The van der Waals surface area contributed by atoms with Gasteiger partial charge in [0.2, 0.25) is 5.69 Å². The fourth-order valence-electron chi connectivity index (χ4n) is 0.746. The van der Waals surface area contributed by atoms with Gasteiger partial charge in [0.15, 0.2) is 0 Å². The van der Waals surface area contributed by atoms with Gasteiger partial charge in [-0.25, -0.2) is 0 Å². The number of ether oxygens (including phenoxy) is 1. The average molecular weight is 218 g/mol. The topological polar surface area (TPSA) is 36.2 Å². The lowest BCUT2D eigenvalue weighted by atomic mass is 10.4. The van der Waals surface area contributed by atoms with Gasteiger partial charge in [0.25, 0.3) is 0 Å². The Balaban J connectivity index is 3.25. The van der Waals surface area contributed by atoms with Gasteiger partial charge in [-0.15, -0.1) is 4.73 Å². The number of methoxy groups -OCH3 is 1. The minimum Gasteiger partial charge on any atom is -0.616 e. The normalized spacial score (nSPS) is 9.73. The number of rotatable bonds is 1. The van der Waals surface area contributed by atoms with Crippen LogP contribution in [0.4, 0.5) is 0 Å². The first-order chi connectivity index (χ1) is 5.16. The van der Waals surface area contributed by atoms with E-state index in [1.54, 1.807) is 19.1 Å². The molecule has 3 nitrogen and oxygen atoms in total. The summed E-state index contributed by atoms with van der Waals surface area (Å²) in [6, 6.07) is 3.40. The third-order valence-electron chi connectivity index (χ3n) is 1.43. The van der Waals surface area contributed by atoms with Gasteiger partial charge in [0.1, 0.15) is 0 Å². The molecule has 4 heteroatoms. The zero-order chi connectivity index (χ0) is 8.43. The van der Waals surface area contributed by atoms with Crippen molar-refractivity contribution in [3.63, 3.8) is 0 Å². The van der Waals surface area contributed by atoms with Crippen molar-refractivity contribution in [3.8, 4) is 5.88 Å². The standard InChI is InChI=1S/C7H8BrNO2/c1-5-6(8)3-4-7(11-2)9(5)10/h3-4H,1-2H3. The van der Waals surface area contributed by atoms with Crippen LogP contribution in [0.25, 0.3) is 0 Å². The van der Waals surface area contributed by atoms with Gasteiger partial charge in [-0.3, -0.25) is 0 Å². The van der Waals surface area contributed by atoms with E-state index < -0.39 is 0 Å². The highest BCUT2D eigenvalue weighted by Crippen LogP contribution is 2.14. The lowest BCUT2D eigenvalue weighted by Gasteiger charge is -2.05. The summed E-state index contributed by atoms with van der Waals surface area (Å²) in [5, 5.41) is 11.2. The second-order valence-electron chi connectivity index (χ2n) is 2.10. The van der Waals surface area contributed by atoms with Crippen LogP contribution in [0.1, 0.15) is 5.69 Å². The second kappa shape index (κ2) is 3.09. The molecule has 1 aromatic rings. The third kappa shape index (κ3) is 1.45. The van der Waals surface area contributed by atoms with E-state index in [1.807, 2.05) is 0 Å². The highest BCUT2D eigenvalue weighted by Gasteiger charge is 2.10. The van der Waals surface area contributed by atoms with Gasteiger partial charge in [0, 0.05) is 6.92 Å². The van der Waals surface area contributed by atoms with E-state index in [-0.39, 0.29) is 0 Å². The predicted octanol–water partition coefficient (Wildman–Crippen LogP) is 1.40. The van der Waals surface area contributed by atoms with E-state index in [1.165, 1.54) is 7.11 Å². The number of pyridine rings is 1. The van der Waals surface area contributed by atoms with Crippen molar-refractivity contribution in [2.45, 2.75) is 6.92 Å². The quantitative estimate of drug-likeness (QED) is 0.527. The molecule has 0 saturated carbocycles. The number of hydrogen-bond donors (Lipinski definition) is 0. The van der Waals surface area contributed by atoms with Gasteiger partial charge >= 0.3 is 5.88 Å². The molecule has 0 spiro atoms. The number of nitrogens with zero attached hydrogens (tertiary/aromatic N) is 1. The third-order valence-corrected chi connectivity index (χ3v) is 2.27. The van der Waals surface area contributed by atoms with Crippen LogP contribution in [-0.2, 0) is 0 Å². The van der Waals surface area contributed by atoms with Crippen LogP contribution >= 0.6 is 15.9 Å². The number of hydrogen-bond acceptors (Lipinski definition) is 2. The Morgan fingerprint density at radius 1 is 1.55 bits per heavy atom. The average Bonchev–Trinajstić information content (AvgIpc) is 2.01. The lowest BCUT2D eigenvalue weighted by molar-refractivity contribution is -0.619. The molecule has 0 atom stereocenters. The molecule has 1 heterocycles. The van der Waals surface area contributed by atoms with Gasteiger partial charge in [-0.2, -0.15) is 0 Å². The van der Waals surface area contributed by atoms with Crippen LogP contribution in [0, 0.1) is 12.1 Å². The Bertz CT molecular complexity index is 275. The van der Waals surface area contributed by atoms with E-state index in [4.69, 9.17) is 4.74 Å². The molecule has 0 aliphatic rings. The maximum absolute atomic E-state index is 11.2. The second-order valence-corrected chi connectivity index (χ2v) is 2.96. The smallest absolute Gasteiger partial charge is 0.379 e. The molecule has 1 aromatic heterocycles. The van der Waals surface area contributed by atoms with Crippen molar-refractivity contribution >= 4 is 15.9 Å². The Morgan fingerprint density at radius 3 is 2.73 bits per heavy atom. The summed E-state index contributed by atoms with van der Waals surface area (Å²) in [6.07, 6.45) is 0. The predicted molar refractivity (Wildman–Crippen MR) is 44.4 cm³/mol. The summed E-state index contributed by atoms with van der Waals surface area (Å²) in [4.78, 5) is 0. The first-order valence-corrected chi connectivity index (χ1v) is 3.88. The summed E-state index contributed by atoms with van der Waals surface area (Å²) in [5.74, 6) is 0.311. The molecule has 0 aliphatic heterocycles. The lowest BCUT2D eigenvalue weighted by Crippen LogP contribution is -2.32. The molecular formula is C7H8BrNO2. The number of aromatic nitrogens is 1. The van der Waals surface area contributed by atoms with Crippen LogP contribution in [0.2, 0.25) is 0 Å². The summed E-state index contributed by atoms with van der Waals surface area (Å²) in [7, 11) is 1.47. The Labute approximate surface area is 73.3 Å². The van der Waals surface area contributed by atoms with Crippen molar-refractivity contribution < 1.29 is 9.47 Å². The summed E-state index contributed by atoms with van der Waals surface area (Å²) in [6.45, 7) is 1.72. The van der Waals surface area contributed by atoms with E-state index in [0.29, 0.717) is 11.6 Å². The van der Waals surface area contributed by atoms with Gasteiger partial charge in [-0.05, 0) is 22.0 Å². The van der Waals surface area contributed by atoms with Crippen molar-refractivity contribution in [3.05, 3.63) is 27.5 Å². The molecule has 11 heavy (non-hydrogen) atoms. The molecular weight excluding hydrogens is 210 g/mol. The minimum absolute atomic E-state index is 0.311. The van der Waals surface area contributed by atoms with E-state index in [0.717, 1.165) is 9.20 Å². The molecule has 60 valence electrons. The van der Waals surface area contributed by atoms with Crippen LogP contribution < -0.4 is 9.47 Å². The Kier molecular flexibility index (Phi) is 2.34. The molecule has 0 N–H and O–H groups in total. The fourth-order valence-corrected chi connectivity index (χ4v) is 1.04. The van der Waals surface area contributed by atoms with E-state index in [2.05, 4.69) is 15.9 Å². The minimum atomic E-state index is 0.311. The summed E-state index contributed by atoms with van der Waals surface area (Å²) in [5.41, 5.74) is 0.601. The monoisotopic (exact) mass is 217 g/mol. The highest BCUT2D eigenvalue weighted by atomic mass is 79.9. The van der Waals surface area contributed by atoms with Gasteiger partial charge in [0.05, 0.1) is 17.6 Å². The molecule has 0 bridgehead atoms. The van der Waals surface area contributed by atoms with Crippen molar-refractivity contribution in [2.75, 3.05) is 7.11 Å². The molecule has 0 aliphatic carbocycles. The molecule has 0 radical (unpaired) electrons. The SMILES string of the molecule is COc1ccc(Br)c(C)[n+]1[O-].